The van der Waals surface area contributed by atoms with E-state index in [0.717, 1.165) is 41.9 Å². The van der Waals surface area contributed by atoms with Gasteiger partial charge in [-0.2, -0.15) is 0 Å². The van der Waals surface area contributed by atoms with Crippen molar-refractivity contribution in [3.63, 3.8) is 0 Å². The largest absolute Gasteiger partial charge is 0.377 e. The van der Waals surface area contributed by atoms with Gasteiger partial charge in [-0.1, -0.05) is 6.07 Å². The minimum Gasteiger partial charge on any atom is -0.377 e. The van der Waals surface area contributed by atoms with Gasteiger partial charge < -0.3 is 29.8 Å². The number of benzene rings is 1. The Hall–Kier alpha value is -3.38. The predicted molar refractivity (Wildman–Crippen MR) is 164 cm³/mol. The Labute approximate surface area is 258 Å². The topological polar surface area (TPSA) is 143 Å². The molecule has 234 valence electrons. The minimum absolute atomic E-state index is 0.0421. The summed E-state index contributed by atoms with van der Waals surface area (Å²) in [7, 11) is -1.01. The van der Waals surface area contributed by atoms with Crippen LogP contribution in [0.4, 0.5) is 10.1 Å². The number of hydrogen-bond acceptors (Lipinski definition) is 7. The normalized spacial score (nSPS) is 23.2. The molecule has 11 nitrogen and oxygen atoms in total. The first-order valence-corrected chi connectivity index (χ1v) is 17.2. The van der Waals surface area contributed by atoms with Crippen LogP contribution in [-0.4, -0.2) is 87.6 Å². The Bertz CT molecular complexity index is 1660. The Morgan fingerprint density at radius 2 is 1.91 bits per heavy atom. The monoisotopic (exact) mass is 643 g/mol. The molecule has 0 spiro atoms. The van der Waals surface area contributed by atoms with E-state index in [1.807, 2.05) is 36.2 Å². The first-order valence-electron chi connectivity index (χ1n) is 14.7. The quantitative estimate of drug-likeness (QED) is 0.330. The summed E-state index contributed by atoms with van der Waals surface area (Å²) in [6.07, 6.45) is 6.91. The Balaban J connectivity index is 1.13. The molecule has 0 radical (unpaired) electrons. The number of anilines is 1. The number of fused-ring (bicyclic) bond motifs is 2. The molecule has 4 atom stereocenters. The molecule has 3 amide bonds. The molecule has 3 aliphatic rings. The summed E-state index contributed by atoms with van der Waals surface area (Å²) in [5, 5.41) is 3.34. The molecule has 3 fully saturated rings. The van der Waals surface area contributed by atoms with E-state index in [0.29, 0.717) is 40.9 Å². The van der Waals surface area contributed by atoms with E-state index >= 15 is 0 Å². The van der Waals surface area contributed by atoms with Crippen LogP contribution >= 0.6 is 18.9 Å². The fraction of sp³-hybridized carbons (Fsp3) is 0.467. The molecule has 3 N–H and O–H groups in total. The smallest absolute Gasteiger partial charge is 0.363 e. The fourth-order valence-electron chi connectivity index (χ4n) is 6.67. The molecule has 6 rings (SSSR count). The number of pyridine rings is 1. The highest BCUT2D eigenvalue weighted by molar-refractivity contribution is 7.51. The van der Waals surface area contributed by atoms with Crippen LogP contribution in [0.1, 0.15) is 64.7 Å². The second-order valence-electron chi connectivity index (χ2n) is 12.1. The zero-order valence-corrected chi connectivity index (χ0v) is 26.1. The van der Waals surface area contributed by atoms with Gasteiger partial charge in [0.25, 0.3) is 5.91 Å². The number of carbonyl (C=O) groups is 3. The maximum atomic E-state index is 14.2. The second-order valence-corrected chi connectivity index (χ2v) is 14.8. The summed E-state index contributed by atoms with van der Waals surface area (Å²) in [5.41, 5.74) is 2.01. The Kier molecular flexibility index (Phi) is 8.25. The van der Waals surface area contributed by atoms with Gasteiger partial charge in [0, 0.05) is 67.5 Å². The first-order chi connectivity index (χ1) is 20.9. The Morgan fingerprint density at radius 1 is 1.14 bits per heavy atom. The number of nitrogens with one attached hydrogen (secondary N) is 1. The summed E-state index contributed by atoms with van der Waals surface area (Å²) < 4.78 is 26.2. The molecule has 0 saturated carbocycles. The zero-order chi connectivity index (χ0) is 31.3. The lowest BCUT2D eigenvalue weighted by atomic mass is 9.90. The van der Waals surface area contributed by atoms with E-state index < -0.39 is 31.5 Å². The van der Waals surface area contributed by atoms with Crippen molar-refractivity contribution in [3.8, 4) is 0 Å². The van der Waals surface area contributed by atoms with Gasteiger partial charge in [-0.05, 0) is 67.3 Å². The standard InChI is InChI=1S/C30H35FN5O6PS/c1-34(2)23-10-11-32-14-21(23)19-15-35(16-19)30(39)24-8-7-20-4-3-5-22(29(38)36(20)24)33-28(37)26-13-18-12-17(6-9-25(18)44-26)27(31)43(40,41)42/h6,9-14,19-20,22,24,27H,3-5,7-8,15-16H2,1-2H3,(H,33,37)(H2,40,41,42)/t20-,22-,24-,27+/m0/s1. The van der Waals surface area contributed by atoms with Crippen LogP contribution in [0.2, 0.25) is 0 Å². The molecule has 0 unspecified atom stereocenters. The zero-order valence-electron chi connectivity index (χ0n) is 24.4. The van der Waals surface area contributed by atoms with E-state index in [4.69, 9.17) is 0 Å². The van der Waals surface area contributed by atoms with E-state index in [1.165, 1.54) is 24.3 Å². The molecule has 3 aromatic rings. The van der Waals surface area contributed by atoms with Crippen molar-refractivity contribution in [2.75, 3.05) is 32.1 Å². The summed E-state index contributed by atoms with van der Waals surface area (Å²) in [5.74, 6) is -3.04. The average molecular weight is 644 g/mol. The fourth-order valence-corrected chi connectivity index (χ4v) is 8.17. The highest BCUT2D eigenvalue weighted by atomic mass is 32.1. The third kappa shape index (κ3) is 5.74. The van der Waals surface area contributed by atoms with Crippen LogP contribution in [0.15, 0.2) is 42.7 Å². The van der Waals surface area contributed by atoms with E-state index in [9.17, 15) is 33.1 Å². The van der Waals surface area contributed by atoms with Gasteiger partial charge >= 0.3 is 7.60 Å². The number of rotatable bonds is 7. The Morgan fingerprint density at radius 3 is 2.64 bits per heavy atom. The average Bonchev–Trinajstić information content (AvgIpc) is 3.55. The van der Waals surface area contributed by atoms with Crippen LogP contribution in [0.25, 0.3) is 10.1 Å². The molecule has 14 heteroatoms. The lowest BCUT2D eigenvalue weighted by Gasteiger charge is -2.43. The molecule has 0 aliphatic carbocycles. The van der Waals surface area contributed by atoms with Gasteiger partial charge in [0.05, 0.1) is 4.88 Å². The van der Waals surface area contributed by atoms with Crippen molar-refractivity contribution in [1.82, 2.24) is 20.1 Å². The van der Waals surface area contributed by atoms with Crippen molar-refractivity contribution >= 4 is 52.4 Å². The number of aromatic nitrogens is 1. The number of nitrogens with zero attached hydrogens (tertiary/aromatic N) is 4. The number of alkyl halides is 1. The highest BCUT2D eigenvalue weighted by Crippen LogP contribution is 2.53. The molecule has 1 aromatic carbocycles. The molecular weight excluding hydrogens is 608 g/mol. The second kappa shape index (κ2) is 11.8. The third-order valence-corrected chi connectivity index (χ3v) is 11.0. The number of thiophene rings is 1. The van der Waals surface area contributed by atoms with Crippen molar-refractivity contribution in [2.24, 2.45) is 0 Å². The van der Waals surface area contributed by atoms with Gasteiger partial charge in [0.1, 0.15) is 12.1 Å². The van der Waals surface area contributed by atoms with Gasteiger partial charge in [-0.25, -0.2) is 4.39 Å². The SMILES string of the molecule is CN(C)c1ccncc1C1CN(C(=O)[C@@H]2CC[C@@H]3CCC[C@H](NC(=O)c4cc5cc([C@H](F)P(=O)(O)O)ccc5s4)C(=O)N32)C1. The van der Waals surface area contributed by atoms with E-state index in [-0.39, 0.29) is 29.3 Å². The van der Waals surface area contributed by atoms with Gasteiger partial charge in [-0.3, -0.25) is 23.9 Å². The molecular formula is C30H35FN5O6PS. The maximum absolute atomic E-state index is 14.2. The van der Waals surface area contributed by atoms with Crippen LogP contribution < -0.4 is 10.2 Å². The van der Waals surface area contributed by atoms with Crippen molar-refractivity contribution < 1.29 is 33.1 Å². The summed E-state index contributed by atoms with van der Waals surface area (Å²) in [6, 6.07) is 6.25. The molecule has 3 saturated heterocycles. The number of amides is 3. The third-order valence-electron chi connectivity index (χ3n) is 8.95. The highest BCUT2D eigenvalue weighted by Gasteiger charge is 2.47. The van der Waals surface area contributed by atoms with Crippen LogP contribution in [-0.2, 0) is 14.2 Å². The number of carbonyl (C=O) groups excluding carboxylic acids is 3. The number of hydrogen-bond donors (Lipinski definition) is 3. The molecule has 44 heavy (non-hydrogen) atoms. The molecule has 2 aromatic heterocycles. The van der Waals surface area contributed by atoms with Crippen molar-refractivity contribution in [2.45, 2.75) is 62.1 Å². The molecule has 3 aliphatic heterocycles. The number of halogens is 1. The van der Waals surface area contributed by atoms with E-state index in [2.05, 4.69) is 10.3 Å². The van der Waals surface area contributed by atoms with Gasteiger partial charge in [-0.15, -0.1) is 11.3 Å². The first kappa shape index (κ1) is 30.6. The maximum Gasteiger partial charge on any atom is 0.363 e. The van der Waals surface area contributed by atoms with Crippen molar-refractivity contribution in [3.05, 3.63) is 58.7 Å². The van der Waals surface area contributed by atoms with Gasteiger partial charge in [0.2, 0.25) is 17.7 Å². The summed E-state index contributed by atoms with van der Waals surface area (Å²) in [6.45, 7) is 1.14. The molecule has 5 heterocycles. The van der Waals surface area contributed by atoms with Crippen LogP contribution in [0.3, 0.4) is 0 Å². The van der Waals surface area contributed by atoms with Crippen molar-refractivity contribution in [1.29, 1.82) is 0 Å². The van der Waals surface area contributed by atoms with Gasteiger partial charge in [0.15, 0.2) is 0 Å². The molecule has 0 bridgehead atoms. The predicted octanol–water partition coefficient (Wildman–Crippen LogP) is 3.78. The lowest BCUT2D eigenvalue weighted by Crippen LogP contribution is -2.58. The summed E-state index contributed by atoms with van der Waals surface area (Å²) in [4.78, 5) is 69.3. The van der Waals surface area contributed by atoms with Crippen LogP contribution in [0, 0.1) is 0 Å². The lowest BCUT2D eigenvalue weighted by molar-refractivity contribution is -0.148. The van der Waals surface area contributed by atoms with Crippen LogP contribution in [0.5, 0.6) is 0 Å². The number of likely N-dealkylation sites (tertiary alicyclic amines) is 1. The summed E-state index contributed by atoms with van der Waals surface area (Å²) >= 11 is 1.15. The minimum atomic E-state index is -4.97. The van der Waals surface area contributed by atoms with E-state index in [1.54, 1.807) is 11.1 Å².